The molecule has 2 fully saturated rings. The predicted molar refractivity (Wildman–Crippen MR) is 115 cm³/mol. The fourth-order valence-electron chi connectivity index (χ4n) is 4.54. The van der Waals surface area contributed by atoms with Gasteiger partial charge in [-0.2, -0.15) is 0 Å². The zero-order valence-electron chi connectivity index (χ0n) is 16.8. The molecule has 0 spiro atoms. The maximum Gasteiger partial charge on any atom is 0.307 e. The Bertz CT molecular complexity index is 848. The summed E-state index contributed by atoms with van der Waals surface area (Å²) in [4.78, 5) is 18.4. The lowest BCUT2D eigenvalue weighted by Crippen LogP contribution is -2.31. The Morgan fingerprint density at radius 3 is 2.83 bits per heavy atom. The normalized spacial score (nSPS) is 22.5. The fraction of sp³-hybridized carbons (Fsp3) is 0.500. The minimum Gasteiger partial charge on any atom is -0.469 e. The molecule has 2 aromatic heterocycles. The van der Waals surface area contributed by atoms with Crippen LogP contribution in [-0.2, 0) is 9.53 Å². The van der Waals surface area contributed by atoms with Crippen molar-refractivity contribution in [3.63, 3.8) is 0 Å². The third-order valence-corrected chi connectivity index (χ3v) is 6.41. The molecule has 4 rings (SSSR count). The number of pyridine rings is 1. The molecule has 0 radical (unpaired) electrons. The van der Waals surface area contributed by atoms with E-state index in [0.29, 0.717) is 24.1 Å². The largest absolute Gasteiger partial charge is 0.469 e. The second-order valence-electron chi connectivity index (χ2n) is 7.83. The Balaban J connectivity index is 1.63. The number of thiocarbonyl (C=S) groups is 1. The van der Waals surface area contributed by atoms with E-state index >= 15 is 0 Å². The van der Waals surface area contributed by atoms with E-state index in [9.17, 15) is 4.79 Å². The van der Waals surface area contributed by atoms with E-state index in [-0.39, 0.29) is 18.1 Å². The molecule has 2 unspecified atom stereocenters. The smallest absolute Gasteiger partial charge is 0.307 e. The summed E-state index contributed by atoms with van der Waals surface area (Å²) in [5, 5.41) is 4.09. The topological polar surface area (TPSA) is 59.4 Å². The number of hydrogen-bond acceptors (Lipinski definition) is 4. The highest BCUT2D eigenvalue weighted by Crippen LogP contribution is 2.39. The maximum absolute atomic E-state index is 11.8. The number of hydrogen-bond donors (Lipinski definition) is 1. The van der Waals surface area contributed by atoms with Crippen LogP contribution in [-0.4, -0.2) is 39.2 Å². The Kier molecular flexibility index (Phi) is 6.13. The third kappa shape index (κ3) is 4.29. The van der Waals surface area contributed by atoms with Crippen LogP contribution in [0.4, 0.5) is 0 Å². The quantitative estimate of drug-likeness (QED) is 0.573. The van der Waals surface area contributed by atoms with E-state index in [1.54, 1.807) is 6.20 Å². The number of methoxy groups -OCH3 is 1. The van der Waals surface area contributed by atoms with E-state index < -0.39 is 0 Å². The minimum atomic E-state index is -0.229. The molecule has 1 saturated heterocycles. The third-order valence-electron chi connectivity index (χ3n) is 6.06. The number of rotatable bonds is 6. The van der Waals surface area contributed by atoms with E-state index in [4.69, 9.17) is 17.0 Å². The summed E-state index contributed by atoms with van der Waals surface area (Å²) in [6.07, 6.45) is 13.0. The first kappa shape index (κ1) is 19.9. The summed E-state index contributed by atoms with van der Waals surface area (Å²) in [6, 6.07) is 8.64. The van der Waals surface area contributed by atoms with Crippen molar-refractivity contribution >= 4 is 23.3 Å². The van der Waals surface area contributed by atoms with Gasteiger partial charge in [0.15, 0.2) is 5.11 Å². The van der Waals surface area contributed by atoms with Gasteiger partial charge in [0, 0.05) is 31.2 Å². The van der Waals surface area contributed by atoms with Crippen LogP contribution in [0, 0.1) is 0 Å². The highest BCUT2D eigenvalue weighted by atomic mass is 32.1. The number of carbonyl (C=O) groups is 1. The van der Waals surface area contributed by atoms with E-state index in [0.717, 1.165) is 5.69 Å². The van der Waals surface area contributed by atoms with Crippen LogP contribution >= 0.6 is 12.2 Å². The number of nitrogens with one attached hydrogen (secondary N) is 1. The van der Waals surface area contributed by atoms with Gasteiger partial charge in [0.05, 0.1) is 31.3 Å². The van der Waals surface area contributed by atoms with E-state index in [1.165, 1.54) is 44.8 Å². The molecular weight excluding hydrogens is 384 g/mol. The first-order valence-electron chi connectivity index (χ1n) is 10.4. The zero-order valence-corrected chi connectivity index (χ0v) is 17.6. The van der Waals surface area contributed by atoms with Crippen LogP contribution in [0.2, 0.25) is 0 Å². The molecule has 1 N–H and O–H groups in total. The molecule has 0 aromatic carbocycles. The van der Waals surface area contributed by atoms with E-state index in [1.807, 2.05) is 18.2 Å². The molecule has 2 aromatic rings. The average Bonchev–Trinajstić information content (AvgIpc) is 3.38. The van der Waals surface area contributed by atoms with Crippen molar-refractivity contribution in [3.8, 4) is 0 Å². The van der Waals surface area contributed by atoms with Crippen LogP contribution in [0.1, 0.15) is 67.9 Å². The molecule has 2 atom stereocenters. The van der Waals surface area contributed by atoms with Crippen molar-refractivity contribution in [1.29, 1.82) is 0 Å². The van der Waals surface area contributed by atoms with Gasteiger partial charge < -0.3 is 19.5 Å². The first-order chi connectivity index (χ1) is 14.2. The van der Waals surface area contributed by atoms with Gasteiger partial charge >= 0.3 is 5.97 Å². The summed E-state index contributed by atoms with van der Waals surface area (Å²) in [7, 11) is 1.42. The van der Waals surface area contributed by atoms with Gasteiger partial charge in [0.2, 0.25) is 0 Å². The van der Waals surface area contributed by atoms with Crippen LogP contribution in [0.3, 0.4) is 0 Å². The molecule has 1 aliphatic carbocycles. The summed E-state index contributed by atoms with van der Waals surface area (Å²) >= 11 is 5.64. The lowest BCUT2D eigenvalue weighted by Gasteiger charge is -2.27. The van der Waals surface area contributed by atoms with Crippen molar-refractivity contribution in [1.82, 2.24) is 19.8 Å². The SMILES string of the molecule is COC(=O)CCN1C(=S)NC(c2ccccn2)C1c1ccn(C2CCCCC2)c1. The van der Waals surface area contributed by atoms with Gasteiger partial charge in [-0.05, 0) is 48.8 Å². The van der Waals surface area contributed by atoms with Gasteiger partial charge in [-0.1, -0.05) is 25.3 Å². The van der Waals surface area contributed by atoms with Crippen molar-refractivity contribution in [2.45, 2.75) is 56.7 Å². The molecule has 3 heterocycles. The molecule has 29 heavy (non-hydrogen) atoms. The highest BCUT2D eigenvalue weighted by molar-refractivity contribution is 7.80. The lowest BCUT2D eigenvalue weighted by atomic mass is 9.95. The molecule has 2 aliphatic rings. The Hall–Kier alpha value is -2.41. The van der Waals surface area contributed by atoms with Crippen LogP contribution < -0.4 is 5.32 Å². The Labute approximate surface area is 177 Å². The first-order valence-corrected chi connectivity index (χ1v) is 10.8. The van der Waals surface area contributed by atoms with Crippen LogP contribution in [0.15, 0.2) is 42.9 Å². The molecule has 0 bridgehead atoms. The van der Waals surface area contributed by atoms with Gasteiger partial charge in [0.25, 0.3) is 0 Å². The number of carbonyl (C=O) groups excluding carboxylic acids is 1. The second-order valence-corrected chi connectivity index (χ2v) is 8.22. The van der Waals surface area contributed by atoms with Crippen molar-refractivity contribution in [2.75, 3.05) is 13.7 Å². The van der Waals surface area contributed by atoms with Crippen molar-refractivity contribution < 1.29 is 9.53 Å². The number of aromatic nitrogens is 2. The summed E-state index contributed by atoms with van der Waals surface area (Å²) in [5.41, 5.74) is 2.15. The summed E-state index contributed by atoms with van der Waals surface area (Å²) in [6.45, 7) is 0.515. The standard InChI is InChI=1S/C22H28N4O2S/c1-28-19(27)11-14-26-21(20(24-22(26)29)18-9-5-6-12-23-18)16-10-13-25(15-16)17-7-3-2-4-8-17/h5-6,9-10,12-13,15,17,20-21H,2-4,7-8,11,14H2,1H3,(H,24,29). The second kappa shape index (κ2) is 8.95. The minimum absolute atomic E-state index is 0.00750. The fourth-order valence-corrected chi connectivity index (χ4v) is 4.87. The van der Waals surface area contributed by atoms with E-state index in [2.05, 4.69) is 38.2 Å². The number of ether oxygens (including phenoxy) is 1. The maximum atomic E-state index is 11.8. The zero-order chi connectivity index (χ0) is 20.2. The molecule has 1 saturated carbocycles. The predicted octanol–water partition coefficient (Wildman–Crippen LogP) is 3.92. The lowest BCUT2D eigenvalue weighted by molar-refractivity contribution is -0.140. The van der Waals surface area contributed by atoms with Crippen molar-refractivity contribution in [2.24, 2.45) is 0 Å². The van der Waals surface area contributed by atoms with Gasteiger partial charge in [-0.15, -0.1) is 0 Å². The molecule has 154 valence electrons. The summed E-state index contributed by atoms with van der Waals surface area (Å²) in [5.74, 6) is -0.229. The highest BCUT2D eigenvalue weighted by Gasteiger charge is 2.40. The summed E-state index contributed by atoms with van der Waals surface area (Å²) < 4.78 is 7.20. The molecule has 7 heteroatoms. The Morgan fingerprint density at radius 2 is 2.10 bits per heavy atom. The molecule has 0 amide bonds. The van der Waals surface area contributed by atoms with Gasteiger partial charge in [-0.3, -0.25) is 9.78 Å². The van der Waals surface area contributed by atoms with Crippen LogP contribution in [0.25, 0.3) is 0 Å². The molecule has 1 aliphatic heterocycles. The molecular formula is C22H28N4O2S. The molecule has 6 nitrogen and oxygen atoms in total. The number of esters is 1. The van der Waals surface area contributed by atoms with Crippen molar-refractivity contribution in [3.05, 3.63) is 54.1 Å². The monoisotopic (exact) mass is 412 g/mol. The van der Waals surface area contributed by atoms with Gasteiger partial charge in [-0.25, -0.2) is 0 Å². The number of nitrogens with zero attached hydrogens (tertiary/aromatic N) is 3. The van der Waals surface area contributed by atoms with Crippen LogP contribution in [0.5, 0.6) is 0 Å². The Morgan fingerprint density at radius 1 is 1.28 bits per heavy atom. The van der Waals surface area contributed by atoms with Gasteiger partial charge in [0.1, 0.15) is 0 Å². The average molecular weight is 413 g/mol.